The first-order chi connectivity index (χ1) is 9.74. The highest BCUT2D eigenvalue weighted by molar-refractivity contribution is 5.94. The summed E-state index contributed by atoms with van der Waals surface area (Å²) in [5.41, 5.74) is 3.50. The minimum atomic E-state index is -0.276. The van der Waals surface area contributed by atoms with Crippen molar-refractivity contribution in [1.29, 1.82) is 0 Å². The van der Waals surface area contributed by atoms with Crippen LogP contribution in [0.4, 0.5) is 4.39 Å². The molecular weight excluding hydrogens is 257 g/mol. The van der Waals surface area contributed by atoms with Crippen LogP contribution in [-0.2, 0) is 19.4 Å². The van der Waals surface area contributed by atoms with Gasteiger partial charge in [-0.15, -0.1) is 0 Å². The number of aromatic amines is 1. The quantitative estimate of drug-likeness (QED) is 0.902. The molecule has 20 heavy (non-hydrogen) atoms. The summed E-state index contributed by atoms with van der Waals surface area (Å²) in [5.74, 6) is -0.449. The predicted molar refractivity (Wildman–Crippen MR) is 72.8 cm³/mol. The van der Waals surface area contributed by atoms with Crippen molar-refractivity contribution in [3.8, 4) is 0 Å². The number of hydrogen-bond acceptors (Lipinski definition) is 2. The van der Waals surface area contributed by atoms with Gasteiger partial charge in [0.15, 0.2) is 5.69 Å². The number of benzene rings is 1. The van der Waals surface area contributed by atoms with Gasteiger partial charge in [0.25, 0.3) is 5.91 Å². The third kappa shape index (κ3) is 2.57. The number of aromatic nitrogens is 2. The summed E-state index contributed by atoms with van der Waals surface area (Å²) < 4.78 is 12.8. The predicted octanol–water partition coefficient (Wildman–Crippen LogP) is 2.36. The largest absolute Gasteiger partial charge is 0.347 e. The van der Waals surface area contributed by atoms with Crippen LogP contribution in [0.5, 0.6) is 0 Å². The van der Waals surface area contributed by atoms with E-state index < -0.39 is 0 Å². The van der Waals surface area contributed by atoms with Crippen LogP contribution in [0.2, 0.25) is 0 Å². The van der Waals surface area contributed by atoms with Crippen molar-refractivity contribution in [3.63, 3.8) is 0 Å². The number of hydrogen-bond donors (Lipinski definition) is 2. The molecule has 0 saturated carbocycles. The lowest BCUT2D eigenvalue weighted by molar-refractivity contribution is 0.0945. The summed E-state index contributed by atoms with van der Waals surface area (Å²) in [4.78, 5) is 12.2. The average molecular weight is 273 g/mol. The van der Waals surface area contributed by atoms with Gasteiger partial charge in [0.1, 0.15) is 5.82 Å². The molecular formula is C15H16FN3O. The summed E-state index contributed by atoms with van der Waals surface area (Å²) >= 11 is 0. The Bertz CT molecular complexity index is 619. The lowest BCUT2D eigenvalue weighted by Gasteiger charge is -2.11. The van der Waals surface area contributed by atoms with Gasteiger partial charge in [-0.1, -0.05) is 12.1 Å². The maximum Gasteiger partial charge on any atom is 0.272 e. The van der Waals surface area contributed by atoms with Crippen molar-refractivity contribution in [2.45, 2.75) is 32.2 Å². The standard InChI is InChI=1S/C15H16FN3O/c16-11-7-5-10(6-8-11)9-17-15(20)14-12-3-1-2-4-13(12)18-19-14/h5-8H,1-4,9H2,(H,17,20)(H,18,19). The van der Waals surface area contributed by atoms with Crippen LogP contribution in [0.25, 0.3) is 0 Å². The summed E-state index contributed by atoms with van der Waals surface area (Å²) in [6.45, 7) is 0.376. The third-order valence-corrected chi connectivity index (χ3v) is 3.64. The van der Waals surface area contributed by atoms with Crippen molar-refractivity contribution in [2.75, 3.05) is 0 Å². The Morgan fingerprint density at radius 2 is 2.00 bits per heavy atom. The molecule has 1 heterocycles. The van der Waals surface area contributed by atoms with Crippen molar-refractivity contribution in [3.05, 3.63) is 52.6 Å². The van der Waals surface area contributed by atoms with Gasteiger partial charge in [-0.25, -0.2) is 4.39 Å². The molecule has 3 rings (SSSR count). The highest BCUT2D eigenvalue weighted by Crippen LogP contribution is 2.22. The summed E-state index contributed by atoms with van der Waals surface area (Å²) in [7, 11) is 0. The molecule has 1 aromatic carbocycles. The molecule has 5 heteroatoms. The van der Waals surface area contributed by atoms with Crippen LogP contribution in [-0.4, -0.2) is 16.1 Å². The zero-order valence-electron chi connectivity index (χ0n) is 11.1. The van der Waals surface area contributed by atoms with Crippen molar-refractivity contribution < 1.29 is 9.18 Å². The van der Waals surface area contributed by atoms with Gasteiger partial charge in [-0.3, -0.25) is 9.89 Å². The second-order valence-electron chi connectivity index (χ2n) is 5.05. The van der Waals surface area contributed by atoms with E-state index in [1.165, 1.54) is 12.1 Å². The second kappa shape index (κ2) is 5.45. The summed E-state index contributed by atoms with van der Waals surface area (Å²) in [6.07, 6.45) is 4.12. The van der Waals surface area contributed by atoms with Crippen LogP contribution in [0, 0.1) is 5.82 Å². The fraction of sp³-hybridized carbons (Fsp3) is 0.333. The molecule has 104 valence electrons. The monoisotopic (exact) mass is 273 g/mol. The first kappa shape index (κ1) is 12.8. The molecule has 2 aromatic rings. The smallest absolute Gasteiger partial charge is 0.272 e. The lowest BCUT2D eigenvalue weighted by atomic mass is 9.96. The lowest BCUT2D eigenvalue weighted by Crippen LogP contribution is -2.24. The van der Waals surface area contributed by atoms with Crippen LogP contribution in [0.1, 0.15) is 40.2 Å². The molecule has 2 N–H and O–H groups in total. The molecule has 1 aromatic heterocycles. The highest BCUT2D eigenvalue weighted by Gasteiger charge is 2.21. The Labute approximate surface area is 116 Å². The minimum absolute atomic E-state index is 0.172. The number of nitrogens with one attached hydrogen (secondary N) is 2. The molecule has 0 saturated heterocycles. The highest BCUT2D eigenvalue weighted by atomic mass is 19.1. The molecule has 4 nitrogen and oxygen atoms in total. The van der Waals surface area contributed by atoms with Crippen LogP contribution >= 0.6 is 0 Å². The molecule has 1 aliphatic rings. The van der Waals surface area contributed by atoms with E-state index in [4.69, 9.17) is 0 Å². The van der Waals surface area contributed by atoms with E-state index in [-0.39, 0.29) is 11.7 Å². The molecule has 0 spiro atoms. The molecule has 1 amide bonds. The number of amides is 1. The Kier molecular flexibility index (Phi) is 3.50. The topological polar surface area (TPSA) is 57.8 Å². The van der Waals surface area contributed by atoms with Gasteiger partial charge in [0, 0.05) is 17.8 Å². The van der Waals surface area contributed by atoms with E-state index in [9.17, 15) is 9.18 Å². The maximum absolute atomic E-state index is 12.8. The van der Waals surface area contributed by atoms with Gasteiger partial charge in [-0.05, 0) is 43.4 Å². The molecule has 0 unspecified atom stereocenters. The number of H-pyrrole nitrogens is 1. The number of carbonyl (C=O) groups excluding carboxylic acids is 1. The minimum Gasteiger partial charge on any atom is -0.347 e. The number of aryl methyl sites for hydroxylation is 1. The maximum atomic E-state index is 12.8. The molecule has 0 fully saturated rings. The van der Waals surface area contributed by atoms with Crippen LogP contribution in [0.15, 0.2) is 24.3 Å². The average Bonchev–Trinajstić information content (AvgIpc) is 2.90. The van der Waals surface area contributed by atoms with Crippen LogP contribution < -0.4 is 5.32 Å². The Hall–Kier alpha value is -2.17. The summed E-state index contributed by atoms with van der Waals surface area (Å²) in [6, 6.07) is 6.10. The third-order valence-electron chi connectivity index (χ3n) is 3.64. The molecule has 0 bridgehead atoms. The molecule has 0 atom stereocenters. The second-order valence-corrected chi connectivity index (χ2v) is 5.05. The van der Waals surface area contributed by atoms with E-state index in [0.717, 1.165) is 42.5 Å². The molecule has 1 aliphatic carbocycles. The van der Waals surface area contributed by atoms with Gasteiger partial charge >= 0.3 is 0 Å². The summed E-state index contributed by atoms with van der Waals surface area (Å²) in [5, 5.41) is 9.91. The number of rotatable bonds is 3. The van der Waals surface area contributed by atoms with Gasteiger partial charge in [0.2, 0.25) is 0 Å². The first-order valence-corrected chi connectivity index (χ1v) is 6.83. The molecule has 0 radical (unpaired) electrons. The van der Waals surface area contributed by atoms with Crippen molar-refractivity contribution >= 4 is 5.91 Å². The Morgan fingerprint density at radius 3 is 2.80 bits per heavy atom. The van der Waals surface area contributed by atoms with E-state index >= 15 is 0 Å². The zero-order chi connectivity index (χ0) is 13.9. The SMILES string of the molecule is O=C(NCc1ccc(F)cc1)c1n[nH]c2c1CCCC2. The van der Waals surface area contributed by atoms with E-state index in [2.05, 4.69) is 15.5 Å². The van der Waals surface area contributed by atoms with E-state index in [1.807, 2.05) is 0 Å². The van der Waals surface area contributed by atoms with Crippen molar-refractivity contribution in [1.82, 2.24) is 15.5 Å². The number of fused-ring (bicyclic) bond motifs is 1. The number of nitrogens with zero attached hydrogens (tertiary/aromatic N) is 1. The van der Waals surface area contributed by atoms with E-state index in [1.54, 1.807) is 12.1 Å². The van der Waals surface area contributed by atoms with Gasteiger partial charge in [0.05, 0.1) is 0 Å². The van der Waals surface area contributed by atoms with E-state index in [0.29, 0.717) is 12.2 Å². The fourth-order valence-electron chi connectivity index (χ4n) is 2.54. The normalized spacial score (nSPS) is 13.8. The Morgan fingerprint density at radius 1 is 1.25 bits per heavy atom. The van der Waals surface area contributed by atoms with Crippen molar-refractivity contribution in [2.24, 2.45) is 0 Å². The zero-order valence-corrected chi connectivity index (χ0v) is 11.1. The molecule has 0 aliphatic heterocycles. The fourth-order valence-corrected chi connectivity index (χ4v) is 2.54. The van der Waals surface area contributed by atoms with Crippen LogP contribution in [0.3, 0.4) is 0 Å². The van der Waals surface area contributed by atoms with Gasteiger partial charge in [-0.2, -0.15) is 5.10 Å². The van der Waals surface area contributed by atoms with Gasteiger partial charge < -0.3 is 5.32 Å². The number of carbonyl (C=O) groups is 1. The Balaban J connectivity index is 1.67. The first-order valence-electron chi connectivity index (χ1n) is 6.83. The number of halogens is 1.